The number of amides is 1. The van der Waals surface area contributed by atoms with Crippen LogP contribution in [0.15, 0.2) is 0 Å². The average molecular weight is 281 g/mol. The maximum Gasteiger partial charge on any atom is 0.220 e. The summed E-state index contributed by atoms with van der Waals surface area (Å²) in [5.74, 6) is 1.75. The van der Waals surface area contributed by atoms with Gasteiger partial charge in [-0.1, -0.05) is 6.92 Å². The third kappa shape index (κ3) is 5.41. The smallest absolute Gasteiger partial charge is 0.220 e. The van der Waals surface area contributed by atoms with Crippen molar-refractivity contribution in [3.63, 3.8) is 0 Å². The molecule has 2 heterocycles. The van der Waals surface area contributed by atoms with Crippen molar-refractivity contribution in [1.82, 2.24) is 15.5 Å². The fourth-order valence-corrected chi connectivity index (χ4v) is 3.53. The second kappa shape index (κ2) is 7.99. The van der Waals surface area contributed by atoms with Gasteiger partial charge in [0.25, 0.3) is 0 Å². The van der Waals surface area contributed by atoms with Gasteiger partial charge in [0, 0.05) is 25.6 Å². The molecular weight excluding hydrogens is 250 g/mol. The summed E-state index contributed by atoms with van der Waals surface area (Å²) in [6, 6.07) is 0.273. The van der Waals surface area contributed by atoms with Gasteiger partial charge >= 0.3 is 0 Å². The van der Waals surface area contributed by atoms with Crippen LogP contribution < -0.4 is 10.6 Å². The molecule has 0 aliphatic carbocycles. The van der Waals surface area contributed by atoms with Crippen molar-refractivity contribution in [3.8, 4) is 0 Å². The van der Waals surface area contributed by atoms with Crippen LogP contribution in [-0.2, 0) is 4.79 Å². The summed E-state index contributed by atoms with van der Waals surface area (Å²) in [7, 11) is 0. The summed E-state index contributed by atoms with van der Waals surface area (Å²) < 4.78 is 0. The van der Waals surface area contributed by atoms with Crippen molar-refractivity contribution in [3.05, 3.63) is 0 Å². The summed E-state index contributed by atoms with van der Waals surface area (Å²) in [6.45, 7) is 10.1. The number of carbonyl (C=O) groups excluding carboxylic acids is 1. The minimum absolute atomic E-state index is 0.231. The van der Waals surface area contributed by atoms with Gasteiger partial charge in [-0.2, -0.15) is 0 Å². The summed E-state index contributed by atoms with van der Waals surface area (Å²) in [4.78, 5) is 14.5. The van der Waals surface area contributed by atoms with Crippen LogP contribution >= 0.6 is 0 Å². The number of likely N-dealkylation sites (tertiary alicyclic amines) is 1. The zero-order chi connectivity index (χ0) is 14.4. The normalized spacial score (nSPS) is 29.3. The standard InChI is InChI=1S/C16H31N3O/c1-13-4-3-9-19(11-13)12-14(2)18-16(20)6-5-15-7-8-17-10-15/h13-15,17H,3-12H2,1-2H3,(H,18,20). The Hall–Kier alpha value is -0.610. The Morgan fingerprint density at radius 1 is 1.45 bits per heavy atom. The Morgan fingerprint density at radius 2 is 2.30 bits per heavy atom. The van der Waals surface area contributed by atoms with Crippen LogP contribution in [0.5, 0.6) is 0 Å². The average Bonchev–Trinajstić information content (AvgIpc) is 2.89. The molecule has 1 amide bonds. The van der Waals surface area contributed by atoms with E-state index in [4.69, 9.17) is 0 Å². The number of nitrogens with one attached hydrogen (secondary N) is 2. The molecule has 4 heteroatoms. The van der Waals surface area contributed by atoms with Gasteiger partial charge in [0.1, 0.15) is 0 Å². The van der Waals surface area contributed by atoms with Gasteiger partial charge in [0.15, 0.2) is 0 Å². The number of piperidine rings is 1. The van der Waals surface area contributed by atoms with E-state index in [1.54, 1.807) is 0 Å². The lowest BCUT2D eigenvalue weighted by Gasteiger charge is -2.32. The van der Waals surface area contributed by atoms with Crippen LogP contribution in [0, 0.1) is 11.8 Å². The van der Waals surface area contributed by atoms with Crippen molar-refractivity contribution >= 4 is 5.91 Å². The molecule has 0 radical (unpaired) electrons. The lowest BCUT2D eigenvalue weighted by Crippen LogP contribution is -2.45. The molecule has 0 aromatic carbocycles. The van der Waals surface area contributed by atoms with Crippen LogP contribution in [0.2, 0.25) is 0 Å². The summed E-state index contributed by atoms with van der Waals surface area (Å²) in [5.41, 5.74) is 0. The lowest BCUT2D eigenvalue weighted by molar-refractivity contribution is -0.122. The fourth-order valence-electron chi connectivity index (χ4n) is 3.53. The largest absolute Gasteiger partial charge is 0.352 e. The van der Waals surface area contributed by atoms with Crippen molar-refractivity contribution in [1.29, 1.82) is 0 Å². The van der Waals surface area contributed by atoms with E-state index in [1.807, 2.05) is 0 Å². The van der Waals surface area contributed by atoms with Crippen LogP contribution in [0.1, 0.15) is 46.0 Å². The van der Waals surface area contributed by atoms with E-state index in [0.717, 1.165) is 32.0 Å². The number of hydrogen-bond donors (Lipinski definition) is 2. The molecule has 0 spiro atoms. The second-order valence-corrected chi connectivity index (χ2v) is 6.87. The number of nitrogens with zero attached hydrogens (tertiary/aromatic N) is 1. The molecule has 0 bridgehead atoms. The highest BCUT2D eigenvalue weighted by molar-refractivity contribution is 5.76. The minimum Gasteiger partial charge on any atom is -0.352 e. The number of hydrogen-bond acceptors (Lipinski definition) is 3. The van der Waals surface area contributed by atoms with Crippen LogP contribution in [-0.4, -0.2) is 49.6 Å². The van der Waals surface area contributed by atoms with Crippen molar-refractivity contribution < 1.29 is 4.79 Å². The molecule has 2 N–H and O–H groups in total. The maximum atomic E-state index is 12.0. The quantitative estimate of drug-likeness (QED) is 0.777. The van der Waals surface area contributed by atoms with Gasteiger partial charge in [-0.15, -0.1) is 0 Å². The predicted octanol–water partition coefficient (Wildman–Crippen LogP) is 1.61. The summed E-state index contributed by atoms with van der Waals surface area (Å²) >= 11 is 0. The predicted molar refractivity (Wildman–Crippen MR) is 82.7 cm³/mol. The number of rotatable bonds is 6. The Bertz CT molecular complexity index is 302. The maximum absolute atomic E-state index is 12.0. The SMILES string of the molecule is CC1CCCN(CC(C)NC(=O)CCC2CCNC2)C1. The van der Waals surface area contributed by atoms with E-state index in [1.165, 1.54) is 32.4 Å². The molecule has 0 aromatic rings. The molecule has 0 saturated carbocycles. The molecule has 0 aromatic heterocycles. The molecule has 20 heavy (non-hydrogen) atoms. The van der Waals surface area contributed by atoms with Gasteiger partial charge < -0.3 is 15.5 Å². The van der Waals surface area contributed by atoms with Gasteiger partial charge in [0.2, 0.25) is 5.91 Å². The van der Waals surface area contributed by atoms with E-state index in [-0.39, 0.29) is 11.9 Å². The van der Waals surface area contributed by atoms with E-state index in [2.05, 4.69) is 29.4 Å². The fraction of sp³-hybridized carbons (Fsp3) is 0.938. The summed E-state index contributed by atoms with van der Waals surface area (Å²) in [6.07, 6.45) is 5.61. The molecule has 2 fully saturated rings. The van der Waals surface area contributed by atoms with E-state index in [9.17, 15) is 4.79 Å². The third-order valence-corrected chi connectivity index (χ3v) is 4.62. The highest BCUT2D eigenvalue weighted by Crippen LogP contribution is 2.16. The monoisotopic (exact) mass is 281 g/mol. The van der Waals surface area contributed by atoms with E-state index < -0.39 is 0 Å². The van der Waals surface area contributed by atoms with Crippen LogP contribution in [0.3, 0.4) is 0 Å². The molecule has 2 saturated heterocycles. The third-order valence-electron chi connectivity index (χ3n) is 4.62. The Kier molecular flexibility index (Phi) is 6.30. The minimum atomic E-state index is 0.231. The van der Waals surface area contributed by atoms with Gasteiger partial charge in [-0.25, -0.2) is 0 Å². The molecule has 116 valence electrons. The number of carbonyl (C=O) groups is 1. The van der Waals surface area contributed by atoms with Gasteiger partial charge in [-0.05, 0) is 64.1 Å². The Balaban J connectivity index is 1.60. The highest BCUT2D eigenvalue weighted by Gasteiger charge is 2.20. The molecule has 2 rings (SSSR count). The molecule has 2 aliphatic rings. The van der Waals surface area contributed by atoms with Crippen molar-refractivity contribution in [2.24, 2.45) is 11.8 Å². The van der Waals surface area contributed by atoms with Crippen LogP contribution in [0.25, 0.3) is 0 Å². The first-order chi connectivity index (χ1) is 9.63. The first-order valence-electron chi connectivity index (χ1n) is 8.36. The second-order valence-electron chi connectivity index (χ2n) is 6.87. The topological polar surface area (TPSA) is 44.4 Å². The molecule has 3 unspecified atom stereocenters. The van der Waals surface area contributed by atoms with Gasteiger partial charge in [0.05, 0.1) is 0 Å². The molecule has 3 atom stereocenters. The first-order valence-corrected chi connectivity index (χ1v) is 8.36. The van der Waals surface area contributed by atoms with E-state index in [0.29, 0.717) is 12.3 Å². The summed E-state index contributed by atoms with van der Waals surface area (Å²) in [5, 5.41) is 6.52. The first kappa shape index (κ1) is 15.8. The molecule has 2 aliphatic heterocycles. The van der Waals surface area contributed by atoms with Gasteiger partial charge in [-0.3, -0.25) is 4.79 Å². The van der Waals surface area contributed by atoms with Crippen molar-refractivity contribution in [2.75, 3.05) is 32.7 Å². The van der Waals surface area contributed by atoms with Crippen LogP contribution in [0.4, 0.5) is 0 Å². The lowest BCUT2D eigenvalue weighted by atomic mass is 10.00. The zero-order valence-corrected chi connectivity index (χ0v) is 13.2. The Labute approximate surface area is 123 Å². The zero-order valence-electron chi connectivity index (χ0n) is 13.2. The van der Waals surface area contributed by atoms with Crippen molar-refractivity contribution in [2.45, 2.75) is 52.0 Å². The molecule has 4 nitrogen and oxygen atoms in total. The Morgan fingerprint density at radius 3 is 3.00 bits per heavy atom. The highest BCUT2D eigenvalue weighted by atomic mass is 16.1. The molecular formula is C16H31N3O. The van der Waals surface area contributed by atoms with E-state index >= 15 is 0 Å².